The van der Waals surface area contributed by atoms with E-state index in [2.05, 4.69) is 4.98 Å². The predicted molar refractivity (Wildman–Crippen MR) is 79.0 cm³/mol. The first-order valence-electron chi connectivity index (χ1n) is 6.67. The quantitative estimate of drug-likeness (QED) is 0.822. The molecule has 1 aromatic rings. The Balaban J connectivity index is 2.29. The number of pyridine rings is 1. The van der Waals surface area contributed by atoms with E-state index in [0.717, 1.165) is 5.47 Å². The van der Waals surface area contributed by atoms with Gasteiger partial charge in [-0.3, -0.25) is 4.98 Å². The fraction of sp³-hybridized carbons (Fsp3) is 0.500. The molecule has 1 aliphatic rings. The highest BCUT2D eigenvalue weighted by atomic mass is 16.7. The van der Waals surface area contributed by atoms with Crippen molar-refractivity contribution in [1.29, 1.82) is 0 Å². The molecule has 0 aromatic carbocycles. The number of nitrogens with zero attached hydrogens (tertiary/aromatic N) is 1. The average molecular weight is 276 g/mol. The zero-order valence-corrected chi connectivity index (χ0v) is 12.4. The molecular weight excluding hydrogens is 255 g/mol. The highest BCUT2D eigenvalue weighted by molar-refractivity contribution is 6.55. The number of rotatable bonds is 3. The summed E-state index contributed by atoms with van der Waals surface area (Å²) in [6, 6.07) is 3.25. The third-order valence-corrected chi connectivity index (χ3v) is 3.93. The molecule has 0 radical (unpaired) electrons. The summed E-state index contributed by atoms with van der Waals surface area (Å²) in [6.45, 7) is 8.21. The standard InChI is InChI=1S/C14H21BN2O3/c1-13(2)14(3,4)20-15(19-13)10(9-16)8-11-12(18)6-5-7-17-11/h5-8,18H,9,16H2,1-4H3. The zero-order chi connectivity index (χ0) is 15.0. The van der Waals surface area contributed by atoms with Gasteiger partial charge in [-0.05, 0) is 51.4 Å². The first kappa shape index (κ1) is 15.0. The van der Waals surface area contributed by atoms with Crippen molar-refractivity contribution in [3.05, 3.63) is 29.5 Å². The second kappa shape index (κ2) is 5.20. The number of hydrogen-bond acceptors (Lipinski definition) is 5. The van der Waals surface area contributed by atoms with Crippen molar-refractivity contribution in [2.24, 2.45) is 5.73 Å². The maximum atomic E-state index is 9.77. The predicted octanol–water partition coefficient (Wildman–Crippen LogP) is 1.76. The van der Waals surface area contributed by atoms with Gasteiger partial charge in [0.15, 0.2) is 0 Å². The molecule has 0 spiro atoms. The van der Waals surface area contributed by atoms with E-state index in [4.69, 9.17) is 15.0 Å². The molecule has 0 amide bonds. The van der Waals surface area contributed by atoms with Crippen molar-refractivity contribution in [1.82, 2.24) is 4.98 Å². The number of aromatic nitrogens is 1. The van der Waals surface area contributed by atoms with Crippen LogP contribution in [0.2, 0.25) is 0 Å². The molecule has 2 rings (SSSR count). The Bertz CT molecular complexity index is 513. The van der Waals surface area contributed by atoms with Gasteiger partial charge in [0.2, 0.25) is 0 Å². The average Bonchev–Trinajstić information content (AvgIpc) is 2.57. The van der Waals surface area contributed by atoms with Gasteiger partial charge in [0, 0.05) is 12.7 Å². The molecule has 5 nitrogen and oxygen atoms in total. The molecule has 1 saturated heterocycles. The molecule has 0 atom stereocenters. The van der Waals surface area contributed by atoms with Gasteiger partial charge in [-0.2, -0.15) is 0 Å². The summed E-state index contributed by atoms with van der Waals surface area (Å²) in [4.78, 5) is 4.12. The first-order valence-corrected chi connectivity index (χ1v) is 6.67. The molecule has 108 valence electrons. The molecule has 0 aliphatic carbocycles. The molecule has 0 saturated carbocycles. The summed E-state index contributed by atoms with van der Waals surface area (Å²) in [5, 5.41) is 9.77. The Labute approximate surface area is 119 Å². The lowest BCUT2D eigenvalue weighted by atomic mass is 9.77. The van der Waals surface area contributed by atoms with Crippen molar-refractivity contribution >= 4 is 13.2 Å². The van der Waals surface area contributed by atoms with Crippen molar-refractivity contribution < 1.29 is 14.4 Å². The van der Waals surface area contributed by atoms with Crippen LogP contribution in [-0.4, -0.2) is 35.0 Å². The number of nitrogens with two attached hydrogens (primary N) is 1. The zero-order valence-electron chi connectivity index (χ0n) is 12.4. The van der Waals surface area contributed by atoms with Crippen molar-refractivity contribution in [3.8, 4) is 5.75 Å². The minimum absolute atomic E-state index is 0.106. The van der Waals surface area contributed by atoms with Crippen LogP contribution in [-0.2, 0) is 9.31 Å². The van der Waals surface area contributed by atoms with Gasteiger partial charge in [-0.25, -0.2) is 0 Å². The van der Waals surface area contributed by atoms with Gasteiger partial charge in [-0.1, -0.05) is 0 Å². The SMILES string of the molecule is CC1(C)OB(C(=Cc2ncccc2O)CN)OC1(C)C. The molecule has 1 fully saturated rings. The Kier molecular flexibility index (Phi) is 3.91. The lowest BCUT2D eigenvalue weighted by molar-refractivity contribution is 0.00578. The van der Waals surface area contributed by atoms with Gasteiger partial charge in [0.05, 0.1) is 11.2 Å². The van der Waals surface area contributed by atoms with E-state index < -0.39 is 18.3 Å². The van der Waals surface area contributed by atoms with E-state index in [-0.39, 0.29) is 12.3 Å². The van der Waals surface area contributed by atoms with Gasteiger partial charge >= 0.3 is 7.12 Å². The van der Waals surface area contributed by atoms with Crippen LogP contribution >= 0.6 is 0 Å². The van der Waals surface area contributed by atoms with Gasteiger partial charge in [-0.15, -0.1) is 0 Å². The molecule has 0 unspecified atom stereocenters. The van der Waals surface area contributed by atoms with E-state index in [1.807, 2.05) is 27.7 Å². The van der Waals surface area contributed by atoms with E-state index in [1.54, 1.807) is 24.4 Å². The van der Waals surface area contributed by atoms with E-state index in [9.17, 15) is 5.11 Å². The highest BCUT2D eigenvalue weighted by Crippen LogP contribution is 2.38. The maximum Gasteiger partial charge on any atom is 0.491 e. The molecule has 0 bridgehead atoms. The molecule has 2 heterocycles. The normalized spacial score (nSPS) is 21.2. The minimum Gasteiger partial charge on any atom is -0.506 e. The van der Waals surface area contributed by atoms with Crippen LogP contribution < -0.4 is 5.73 Å². The van der Waals surface area contributed by atoms with Crippen molar-refractivity contribution in [2.75, 3.05) is 6.54 Å². The second-order valence-electron chi connectivity index (χ2n) is 5.92. The Hall–Kier alpha value is -1.37. The van der Waals surface area contributed by atoms with E-state index in [0.29, 0.717) is 5.69 Å². The van der Waals surface area contributed by atoms with Crippen LogP contribution in [0.1, 0.15) is 33.4 Å². The summed E-state index contributed by atoms with van der Waals surface area (Å²) in [5.74, 6) is 0.106. The summed E-state index contributed by atoms with van der Waals surface area (Å²) >= 11 is 0. The number of aromatic hydroxyl groups is 1. The summed E-state index contributed by atoms with van der Waals surface area (Å²) in [7, 11) is -0.522. The smallest absolute Gasteiger partial charge is 0.491 e. The summed E-state index contributed by atoms with van der Waals surface area (Å²) in [5.41, 5.74) is 6.16. The summed E-state index contributed by atoms with van der Waals surface area (Å²) in [6.07, 6.45) is 3.33. The molecule has 1 aliphatic heterocycles. The third kappa shape index (κ3) is 2.72. The monoisotopic (exact) mass is 276 g/mol. The fourth-order valence-corrected chi connectivity index (χ4v) is 1.91. The fourth-order valence-electron chi connectivity index (χ4n) is 1.91. The van der Waals surface area contributed by atoms with Crippen LogP contribution in [0, 0.1) is 0 Å². The van der Waals surface area contributed by atoms with Crippen LogP contribution in [0.15, 0.2) is 23.8 Å². The number of hydrogen-bond donors (Lipinski definition) is 2. The first-order chi connectivity index (χ1) is 9.27. The highest BCUT2D eigenvalue weighted by Gasteiger charge is 2.52. The lowest BCUT2D eigenvalue weighted by Gasteiger charge is -2.32. The maximum absolute atomic E-state index is 9.77. The molecule has 1 aromatic heterocycles. The Morgan fingerprint density at radius 2 is 1.95 bits per heavy atom. The van der Waals surface area contributed by atoms with Crippen LogP contribution in [0.25, 0.3) is 6.08 Å². The van der Waals surface area contributed by atoms with Gasteiger partial charge in [0.25, 0.3) is 0 Å². The topological polar surface area (TPSA) is 77.6 Å². The third-order valence-electron chi connectivity index (χ3n) is 3.93. The lowest BCUT2D eigenvalue weighted by Crippen LogP contribution is -2.41. The van der Waals surface area contributed by atoms with Crippen LogP contribution in [0.4, 0.5) is 0 Å². The van der Waals surface area contributed by atoms with Crippen molar-refractivity contribution in [2.45, 2.75) is 38.9 Å². The van der Waals surface area contributed by atoms with Crippen LogP contribution in [0.3, 0.4) is 0 Å². The van der Waals surface area contributed by atoms with Gasteiger partial charge < -0.3 is 20.1 Å². The van der Waals surface area contributed by atoms with Gasteiger partial charge in [0.1, 0.15) is 11.4 Å². The van der Waals surface area contributed by atoms with Crippen LogP contribution in [0.5, 0.6) is 5.75 Å². The second-order valence-corrected chi connectivity index (χ2v) is 5.92. The summed E-state index contributed by atoms with van der Waals surface area (Å²) < 4.78 is 11.9. The Morgan fingerprint density at radius 1 is 1.35 bits per heavy atom. The van der Waals surface area contributed by atoms with Crippen molar-refractivity contribution in [3.63, 3.8) is 0 Å². The molecular formula is C14H21BN2O3. The molecule has 3 N–H and O–H groups in total. The molecule has 20 heavy (non-hydrogen) atoms. The van der Waals surface area contributed by atoms with E-state index in [1.165, 1.54) is 0 Å². The molecule has 6 heteroatoms. The minimum atomic E-state index is -0.522. The largest absolute Gasteiger partial charge is 0.506 e. The van der Waals surface area contributed by atoms with E-state index >= 15 is 0 Å². The Morgan fingerprint density at radius 3 is 2.45 bits per heavy atom.